The molecule has 0 aromatic carbocycles. The zero-order valence-corrected chi connectivity index (χ0v) is 12.2. The molecule has 0 bridgehead atoms. The van der Waals surface area contributed by atoms with Crippen molar-refractivity contribution in [3.05, 3.63) is 23.9 Å². The third-order valence-corrected chi connectivity index (χ3v) is 4.11. The van der Waals surface area contributed by atoms with Gasteiger partial charge in [0.15, 0.2) is 0 Å². The van der Waals surface area contributed by atoms with Crippen LogP contribution in [-0.2, 0) is 16.1 Å². The van der Waals surface area contributed by atoms with Gasteiger partial charge in [0.1, 0.15) is 12.2 Å². The summed E-state index contributed by atoms with van der Waals surface area (Å²) in [5, 5.41) is 2.92. The van der Waals surface area contributed by atoms with Crippen LogP contribution in [0.3, 0.4) is 0 Å². The van der Waals surface area contributed by atoms with Crippen molar-refractivity contribution in [3.8, 4) is 5.88 Å². The molecule has 1 aromatic heterocycles. The summed E-state index contributed by atoms with van der Waals surface area (Å²) in [4.78, 5) is 16.3. The molecule has 2 fully saturated rings. The molecule has 1 atom stereocenters. The van der Waals surface area contributed by atoms with Crippen LogP contribution in [0.2, 0.25) is 0 Å². The van der Waals surface area contributed by atoms with E-state index in [0.29, 0.717) is 19.0 Å². The molecule has 1 N–H and O–H groups in total. The molecule has 0 radical (unpaired) electrons. The van der Waals surface area contributed by atoms with Gasteiger partial charge < -0.3 is 14.8 Å². The molecule has 114 valence electrons. The first kappa shape index (κ1) is 14.3. The van der Waals surface area contributed by atoms with Crippen molar-refractivity contribution in [2.75, 3.05) is 6.61 Å². The van der Waals surface area contributed by atoms with Crippen LogP contribution in [0.1, 0.15) is 44.1 Å². The first-order chi connectivity index (χ1) is 10.3. The van der Waals surface area contributed by atoms with Gasteiger partial charge >= 0.3 is 0 Å². The fourth-order valence-corrected chi connectivity index (χ4v) is 2.91. The molecule has 1 amide bonds. The molecule has 1 saturated carbocycles. The smallest absolute Gasteiger partial charge is 0.249 e. The molecule has 2 aliphatic rings. The molecular formula is C16H22N2O3. The van der Waals surface area contributed by atoms with Crippen LogP contribution in [0, 0.1) is 0 Å². The summed E-state index contributed by atoms with van der Waals surface area (Å²) in [5.41, 5.74) is 0.927. The average Bonchev–Trinajstić information content (AvgIpc) is 3.19. The highest BCUT2D eigenvalue weighted by Crippen LogP contribution is 2.25. The topological polar surface area (TPSA) is 60.5 Å². The van der Waals surface area contributed by atoms with Crippen LogP contribution in [0.4, 0.5) is 0 Å². The minimum absolute atomic E-state index is 0.0387. The lowest BCUT2D eigenvalue weighted by molar-refractivity contribution is -0.130. The lowest BCUT2D eigenvalue weighted by atomic mass is 10.2. The summed E-state index contributed by atoms with van der Waals surface area (Å²) in [6.45, 7) is 1.12. The van der Waals surface area contributed by atoms with Gasteiger partial charge in [-0.25, -0.2) is 4.98 Å². The molecule has 2 heterocycles. The fraction of sp³-hybridized carbons (Fsp3) is 0.625. The van der Waals surface area contributed by atoms with Crippen LogP contribution < -0.4 is 10.1 Å². The van der Waals surface area contributed by atoms with Gasteiger partial charge in [0.25, 0.3) is 0 Å². The Labute approximate surface area is 125 Å². The monoisotopic (exact) mass is 290 g/mol. The van der Waals surface area contributed by atoms with Crippen LogP contribution in [0.15, 0.2) is 18.3 Å². The third-order valence-electron chi connectivity index (χ3n) is 4.11. The molecule has 0 spiro atoms. The summed E-state index contributed by atoms with van der Waals surface area (Å²) in [5.74, 6) is 0.611. The number of aromatic nitrogens is 1. The number of carbonyl (C=O) groups is 1. The number of rotatable bonds is 5. The number of carbonyl (C=O) groups excluding carboxylic acids is 1. The minimum atomic E-state index is -0.291. The molecule has 0 unspecified atom stereocenters. The summed E-state index contributed by atoms with van der Waals surface area (Å²) >= 11 is 0. The lowest BCUT2D eigenvalue weighted by Crippen LogP contribution is -2.33. The standard InChI is InChI=1S/C16H22N2O3/c19-15(14-8-4-10-20-14)18-11-12-5-3-9-17-16(12)21-13-6-1-2-7-13/h3,5,9,13-14H,1-2,4,6-8,10-11H2,(H,18,19)/t14-/m1/s1. The van der Waals surface area contributed by atoms with Crippen molar-refractivity contribution in [2.24, 2.45) is 0 Å². The number of nitrogens with one attached hydrogen (secondary N) is 1. The molecule has 21 heavy (non-hydrogen) atoms. The van der Waals surface area contributed by atoms with Gasteiger partial charge in [-0.2, -0.15) is 0 Å². The van der Waals surface area contributed by atoms with E-state index in [1.165, 1.54) is 12.8 Å². The Morgan fingerprint density at radius 2 is 2.19 bits per heavy atom. The van der Waals surface area contributed by atoms with Crippen molar-refractivity contribution in [2.45, 2.75) is 57.3 Å². The summed E-state index contributed by atoms with van der Waals surface area (Å²) in [6, 6.07) is 3.82. The summed E-state index contributed by atoms with van der Waals surface area (Å²) in [6.07, 6.45) is 8.12. The minimum Gasteiger partial charge on any atom is -0.474 e. The largest absolute Gasteiger partial charge is 0.474 e. The van der Waals surface area contributed by atoms with Crippen LogP contribution in [0.5, 0.6) is 5.88 Å². The van der Waals surface area contributed by atoms with Crippen LogP contribution in [-0.4, -0.2) is 29.7 Å². The normalized spacial score (nSPS) is 22.4. The van der Waals surface area contributed by atoms with E-state index in [1.807, 2.05) is 12.1 Å². The fourth-order valence-electron chi connectivity index (χ4n) is 2.91. The van der Waals surface area contributed by atoms with Gasteiger partial charge in [-0.3, -0.25) is 4.79 Å². The van der Waals surface area contributed by atoms with E-state index in [1.54, 1.807) is 6.20 Å². The maximum absolute atomic E-state index is 12.0. The van der Waals surface area contributed by atoms with Crippen molar-refractivity contribution in [1.29, 1.82) is 0 Å². The molecule has 1 aliphatic carbocycles. The second kappa shape index (κ2) is 6.89. The summed E-state index contributed by atoms with van der Waals surface area (Å²) < 4.78 is 11.4. The highest BCUT2D eigenvalue weighted by atomic mass is 16.5. The number of hydrogen-bond donors (Lipinski definition) is 1. The quantitative estimate of drug-likeness (QED) is 0.903. The Kier molecular flexibility index (Phi) is 4.70. The first-order valence-electron chi connectivity index (χ1n) is 7.83. The number of amides is 1. The highest BCUT2D eigenvalue weighted by Gasteiger charge is 2.24. The Morgan fingerprint density at radius 1 is 1.33 bits per heavy atom. The highest BCUT2D eigenvalue weighted by molar-refractivity contribution is 5.80. The average molecular weight is 290 g/mol. The number of ether oxygens (including phenoxy) is 2. The SMILES string of the molecule is O=C(NCc1cccnc1OC1CCCC1)[C@H]1CCCO1. The van der Waals surface area contributed by atoms with E-state index in [9.17, 15) is 4.79 Å². The lowest BCUT2D eigenvalue weighted by Gasteiger charge is -2.16. The predicted molar refractivity (Wildman–Crippen MR) is 77.9 cm³/mol. The second-order valence-electron chi connectivity index (χ2n) is 5.71. The first-order valence-corrected chi connectivity index (χ1v) is 7.83. The van der Waals surface area contributed by atoms with Crippen LogP contribution >= 0.6 is 0 Å². The van der Waals surface area contributed by atoms with Crippen LogP contribution in [0.25, 0.3) is 0 Å². The predicted octanol–water partition coefficient (Wildman–Crippen LogP) is 2.20. The van der Waals surface area contributed by atoms with E-state index in [-0.39, 0.29) is 18.1 Å². The zero-order chi connectivity index (χ0) is 14.5. The Bertz CT molecular complexity index is 480. The molecule has 5 nitrogen and oxygen atoms in total. The zero-order valence-electron chi connectivity index (χ0n) is 12.2. The van der Waals surface area contributed by atoms with E-state index < -0.39 is 0 Å². The van der Waals surface area contributed by atoms with Gasteiger partial charge in [0, 0.05) is 24.9 Å². The van der Waals surface area contributed by atoms with Crippen molar-refractivity contribution in [3.63, 3.8) is 0 Å². The summed E-state index contributed by atoms with van der Waals surface area (Å²) in [7, 11) is 0. The molecule has 5 heteroatoms. The van der Waals surface area contributed by atoms with Gasteiger partial charge in [0.2, 0.25) is 11.8 Å². The molecular weight excluding hydrogens is 268 g/mol. The number of pyridine rings is 1. The van der Waals surface area contributed by atoms with Gasteiger partial charge in [0.05, 0.1) is 0 Å². The molecule has 1 aromatic rings. The van der Waals surface area contributed by atoms with Gasteiger partial charge in [-0.1, -0.05) is 6.07 Å². The number of nitrogens with zero attached hydrogens (tertiary/aromatic N) is 1. The maximum atomic E-state index is 12.0. The molecule has 1 saturated heterocycles. The Balaban J connectivity index is 1.57. The molecule has 1 aliphatic heterocycles. The van der Waals surface area contributed by atoms with E-state index >= 15 is 0 Å². The van der Waals surface area contributed by atoms with Crippen molar-refractivity contribution in [1.82, 2.24) is 10.3 Å². The van der Waals surface area contributed by atoms with E-state index in [4.69, 9.17) is 9.47 Å². The van der Waals surface area contributed by atoms with Gasteiger partial charge in [-0.15, -0.1) is 0 Å². The van der Waals surface area contributed by atoms with Gasteiger partial charge in [-0.05, 0) is 44.6 Å². The Morgan fingerprint density at radius 3 is 2.95 bits per heavy atom. The van der Waals surface area contributed by atoms with E-state index in [0.717, 1.165) is 31.2 Å². The van der Waals surface area contributed by atoms with E-state index in [2.05, 4.69) is 10.3 Å². The maximum Gasteiger partial charge on any atom is 0.249 e. The van der Waals surface area contributed by atoms with Crippen molar-refractivity contribution >= 4 is 5.91 Å². The second-order valence-corrected chi connectivity index (χ2v) is 5.71. The third kappa shape index (κ3) is 3.73. The number of hydrogen-bond acceptors (Lipinski definition) is 4. The van der Waals surface area contributed by atoms with Crippen molar-refractivity contribution < 1.29 is 14.3 Å². The Hall–Kier alpha value is -1.62. The molecule has 3 rings (SSSR count).